The Hall–Kier alpha value is -2.35. The molecule has 1 aliphatic rings. The van der Waals surface area contributed by atoms with Gasteiger partial charge in [-0.25, -0.2) is 4.79 Å². The van der Waals surface area contributed by atoms with Crippen LogP contribution in [0.15, 0.2) is 18.2 Å². The van der Waals surface area contributed by atoms with Crippen molar-refractivity contribution in [2.75, 3.05) is 19.7 Å². The van der Waals surface area contributed by atoms with E-state index in [9.17, 15) is 19.4 Å². The molecule has 0 saturated carbocycles. The maximum atomic E-state index is 12.5. The number of amides is 1. The number of benzene rings is 1. The number of nitrogens with zero attached hydrogens (tertiary/aromatic N) is 1. The third-order valence-corrected chi connectivity index (χ3v) is 4.90. The number of hydrogen-bond donors (Lipinski definition) is 1. The zero-order chi connectivity index (χ0) is 20.7. The van der Waals surface area contributed by atoms with E-state index >= 15 is 0 Å². The molecule has 0 aliphatic carbocycles. The Morgan fingerprint density at radius 1 is 1.25 bits per heavy atom. The molecule has 1 aromatic carbocycles. The van der Waals surface area contributed by atoms with E-state index in [0.717, 1.165) is 12.0 Å². The van der Waals surface area contributed by atoms with Crippen molar-refractivity contribution in [1.29, 1.82) is 0 Å². The molecule has 0 aromatic heterocycles. The number of fused-ring (bicyclic) bond motifs is 1. The number of carbonyl (C=O) groups is 3. The number of hydrogen-bond acceptors (Lipinski definition) is 6. The van der Waals surface area contributed by atoms with Crippen molar-refractivity contribution in [3.8, 4) is 5.75 Å². The van der Waals surface area contributed by atoms with Crippen LogP contribution < -0.4 is 4.65 Å². The van der Waals surface area contributed by atoms with Gasteiger partial charge in [0.05, 0.1) is 0 Å². The molecule has 1 amide bonds. The van der Waals surface area contributed by atoms with Crippen LogP contribution in [-0.2, 0) is 20.7 Å². The minimum Gasteiger partial charge on any atom is -0.535 e. The van der Waals surface area contributed by atoms with Gasteiger partial charge in [-0.05, 0) is 38.3 Å². The number of rotatable bonds is 9. The number of esters is 1. The molecule has 0 radical (unpaired) electrons. The Bertz CT molecular complexity index is 719. The molecule has 0 saturated heterocycles. The van der Waals surface area contributed by atoms with Gasteiger partial charge in [-0.15, -0.1) is 0 Å². The van der Waals surface area contributed by atoms with Crippen molar-refractivity contribution < 1.29 is 28.8 Å². The Balaban J connectivity index is 2.08. The van der Waals surface area contributed by atoms with E-state index in [1.165, 1.54) is 0 Å². The highest BCUT2D eigenvalue weighted by molar-refractivity contribution is 6.47. The van der Waals surface area contributed by atoms with Crippen LogP contribution in [0, 0.1) is 0 Å². The molecule has 0 bridgehead atoms. The molecule has 152 valence electrons. The SMILES string of the molecule is CCCC(=O)C[C@H]1Cc2cccc(C(=O)OCC(=O)N(CC)CC)c2OB1O. The van der Waals surface area contributed by atoms with E-state index < -0.39 is 13.1 Å². The fourth-order valence-corrected chi connectivity index (χ4v) is 3.36. The normalized spacial score (nSPS) is 15.4. The van der Waals surface area contributed by atoms with Gasteiger partial charge in [-0.2, -0.15) is 0 Å². The lowest BCUT2D eigenvalue weighted by molar-refractivity contribution is -0.134. The van der Waals surface area contributed by atoms with E-state index in [4.69, 9.17) is 9.39 Å². The molecular weight excluding hydrogens is 361 g/mol. The van der Waals surface area contributed by atoms with Crippen molar-refractivity contribution in [3.05, 3.63) is 29.3 Å². The van der Waals surface area contributed by atoms with Crippen LogP contribution in [0.2, 0.25) is 5.82 Å². The summed E-state index contributed by atoms with van der Waals surface area (Å²) in [5.74, 6) is -0.940. The fraction of sp³-hybridized carbons (Fsp3) is 0.550. The molecular formula is C20H28BNO6. The predicted octanol–water partition coefficient (Wildman–Crippen LogP) is 2.26. The lowest BCUT2D eigenvalue weighted by Crippen LogP contribution is -2.36. The van der Waals surface area contributed by atoms with Gasteiger partial charge in [-0.3, -0.25) is 9.59 Å². The molecule has 7 nitrogen and oxygen atoms in total. The number of likely N-dealkylation sites (N-methyl/N-ethyl adjacent to an activating group) is 1. The maximum Gasteiger partial charge on any atom is 0.526 e. The summed E-state index contributed by atoms with van der Waals surface area (Å²) in [7, 11) is -1.17. The highest BCUT2D eigenvalue weighted by Crippen LogP contribution is 2.36. The van der Waals surface area contributed by atoms with Crippen LogP contribution in [0.4, 0.5) is 0 Å². The molecule has 2 rings (SSSR count). The minimum absolute atomic E-state index is 0.0871. The van der Waals surface area contributed by atoms with Crippen LogP contribution in [-0.4, -0.2) is 54.4 Å². The van der Waals surface area contributed by atoms with Crippen LogP contribution in [0.25, 0.3) is 0 Å². The van der Waals surface area contributed by atoms with Crippen molar-refractivity contribution in [2.45, 2.75) is 52.3 Å². The number of carbonyl (C=O) groups excluding carboxylic acids is 3. The molecule has 1 N–H and O–H groups in total. The first kappa shape index (κ1) is 21.9. The summed E-state index contributed by atoms with van der Waals surface area (Å²) in [6.07, 6.45) is 1.91. The molecule has 28 heavy (non-hydrogen) atoms. The van der Waals surface area contributed by atoms with Crippen LogP contribution in [0.1, 0.15) is 56.0 Å². The van der Waals surface area contributed by atoms with Crippen molar-refractivity contribution in [3.63, 3.8) is 0 Å². The molecule has 1 aliphatic heterocycles. The van der Waals surface area contributed by atoms with E-state index in [-0.39, 0.29) is 41.8 Å². The topological polar surface area (TPSA) is 93.1 Å². The number of Topliss-reactive ketones (excluding diaryl/α,β-unsaturated/α-hetero) is 1. The Kier molecular flexibility index (Phi) is 8.05. The second-order valence-electron chi connectivity index (χ2n) is 6.90. The average molecular weight is 389 g/mol. The summed E-state index contributed by atoms with van der Waals surface area (Å²) in [5, 5.41) is 10.3. The molecule has 1 atom stereocenters. The number of ketones is 1. The molecule has 1 heterocycles. The maximum absolute atomic E-state index is 12.5. The van der Waals surface area contributed by atoms with Gasteiger partial charge in [0.25, 0.3) is 5.91 Å². The molecule has 0 spiro atoms. The van der Waals surface area contributed by atoms with Crippen LogP contribution >= 0.6 is 0 Å². The van der Waals surface area contributed by atoms with Crippen molar-refractivity contribution in [1.82, 2.24) is 4.90 Å². The number of para-hydroxylation sites is 1. The molecule has 1 aromatic rings. The van der Waals surface area contributed by atoms with Gasteiger partial charge < -0.3 is 19.3 Å². The second-order valence-corrected chi connectivity index (χ2v) is 6.90. The van der Waals surface area contributed by atoms with E-state index in [1.54, 1.807) is 23.1 Å². The van der Waals surface area contributed by atoms with E-state index in [1.807, 2.05) is 20.8 Å². The Morgan fingerprint density at radius 2 is 1.96 bits per heavy atom. The summed E-state index contributed by atoms with van der Waals surface area (Å²) in [6.45, 7) is 6.38. The first-order valence-corrected chi connectivity index (χ1v) is 9.84. The first-order chi connectivity index (χ1) is 13.4. The lowest BCUT2D eigenvalue weighted by Gasteiger charge is -2.28. The largest absolute Gasteiger partial charge is 0.535 e. The second kappa shape index (κ2) is 10.3. The summed E-state index contributed by atoms with van der Waals surface area (Å²) >= 11 is 0. The Morgan fingerprint density at radius 3 is 2.61 bits per heavy atom. The third kappa shape index (κ3) is 5.35. The fourth-order valence-electron chi connectivity index (χ4n) is 3.36. The number of ether oxygens (including phenoxy) is 1. The summed E-state index contributed by atoms with van der Waals surface area (Å²) < 4.78 is 10.7. The van der Waals surface area contributed by atoms with Gasteiger partial charge in [0.1, 0.15) is 17.1 Å². The van der Waals surface area contributed by atoms with Crippen LogP contribution in [0.5, 0.6) is 5.75 Å². The van der Waals surface area contributed by atoms with Gasteiger partial charge in [0.2, 0.25) is 0 Å². The zero-order valence-corrected chi connectivity index (χ0v) is 16.8. The van der Waals surface area contributed by atoms with Crippen molar-refractivity contribution in [2.24, 2.45) is 0 Å². The van der Waals surface area contributed by atoms with E-state index in [2.05, 4.69) is 0 Å². The summed E-state index contributed by atoms with van der Waals surface area (Å²) in [4.78, 5) is 38.0. The predicted molar refractivity (Wildman–Crippen MR) is 105 cm³/mol. The molecule has 0 unspecified atom stereocenters. The lowest BCUT2D eigenvalue weighted by atomic mass is 9.64. The van der Waals surface area contributed by atoms with Gasteiger partial charge in [-0.1, -0.05) is 19.1 Å². The standard InChI is InChI=1S/C20H28BNO6/c1-4-8-16(23)12-15-11-14-9-7-10-17(19(14)28-21(15)26)20(25)27-13-18(24)22(5-2)6-3/h7,9-10,15,26H,4-6,8,11-13H2,1-3H3/t15-/m1/s1. The van der Waals surface area contributed by atoms with Crippen LogP contribution in [0.3, 0.4) is 0 Å². The smallest absolute Gasteiger partial charge is 0.526 e. The third-order valence-electron chi connectivity index (χ3n) is 4.90. The monoisotopic (exact) mass is 389 g/mol. The van der Waals surface area contributed by atoms with Crippen molar-refractivity contribution >= 4 is 24.8 Å². The zero-order valence-electron chi connectivity index (χ0n) is 16.8. The van der Waals surface area contributed by atoms with E-state index in [0.29, 0.717) is 25.9 Å². The highest BCUT2D eigenvalue weighted by Gasteiger charge is 2.37. The molecule has 0 fully saturated rings. The summed E-state index contributed by atoms with van der Waals surface area (Å²) in [5.41, 5.74) is 0.909. The minimum atomic E-state index is -1.17. The first-order valence-electron chi connectivity index (χ1n) is 9.84. The van der Waals surface area contributed by atoms with Gasteiger partial charge >= 0.3 is 13.1 Å². The molecule has 8 heteroatoms. The summed E-state index contributed by atoms with van der Waals surface area (Å²) in [6, 6.07) is 5.04. The highest BCUT2D eigenvalue weighted by atomic mass is 16.5. The van der Waals surface area contributed by atoms with Gasteiger partial charge in [0, 0.05) is 31.7 Å². The Labute approximate surface area is 166 Å². The quantitative estimate of drug-likeness (QED) is 0.515. The van der Waals surface area contributed by atoms with Gasteiger partial charge in [0.15, 0.2) is 6.61 Å². The average Bonchev–Trinajstić information content (AvgIpc) is 2.67.